The number of hydrogen-bond acceptors (Lipinski definition) is 9. The average Bonchev–Trinajstić information content (AvgIpc) is 3.22. The fourth-order valence-electron chi connectivity index (χ4n) is 4.86. The summed E-state index contributed by atoms with van der Waals surface area (Å²) in [5, 5.41) is 0.488. The van der Waals surface area contributed by atoms with Crippen molar-refractivity contribution in [2.45, 2.75) is 41.5 Å². The third-order valence-corrected chi connectivity index (χ3v) is 6.82. The molecule has 36 heavy (non-hydrogen) atoms. The Bertz CT molecular complexity index is 1320. The number of amides is 4. The summed E-state index contributed by atoms with van der Waals surface area (Å²) in [7, 11) is 2.88. The van der Waals surface area contributed by atoms with Gasteiger partial charge in [0, 0.05) is 11.1 Å². The molecule has 2 aromatic carbocycles. The normalized spacial score (nSPS) is 14.3. The molecule has 2 aliphatic heterocycles. The molecule has 0 unspecified atom stereocenters. The van der Waals surface area contributed by atoms with E-state index in [0.717, 1.165) is 0 Å². The lowest BCUT2D eigenvalue weighted by atomic mass is 9.93. The standard InChI is InChI=1S/C25H24N2O9/c1-9-11(3)19(33-7)13(5)17-15(9)21(28)26(23(17)30)35-25(32)36-27-22(29)16-10(2)12(4)20(34-8)14(6)18(16)24(27)31/h1-8H3. The van der Waals surface area contributed by atoms with Gasteiger partial charge in [0.05, 0.1) is 36.5 Å². The Kier molecular flexibility index (Phi) is 5.74. The SMILES string of the molecule is COc1c(C)c(C)c2c(c1C)C(=O)N(OC(=O)ON1C(=O)c3c(C)c(C)c(OC)c(C)c3C1=O)C2=O. The van der Waals surface area contributed by atoms with Crippen LogP contribution < -0.4 is 9.47 Å². The third kappa shape index (κ3) is 3.15. The quantitative estimate of drug-likeness (QED) is 0.585. The maximum atomic E-state index is 13.0. The molecule has 0 bridgehead atoms. The van der Waals surface area contributed by atoms with Crippen LogP contribution in [0, 0.1) is 41.5 Å². The fourth-order valence-corrected chi connectivity index (χ4v) is 4.86. The molecule has 0 fully saturated rings. The average molecular weight is 496 g/mol. The van der Waals surface area contributed by atoms with Crippen LogP contribution in [-0.4, -0.2) is 54.1 Å². The number of carbonyl (C=O) groups excluding carboxylic acids is 5. The second kappa shape index (κ2) is 8.36. The number of imide groups is 2. The lowest BCUT2D eigenvalue weighted by molar-refractivity contribution is -0.121. The highest BCUT2D eigenvalue weighted by Gasteiger charge is 2.46. The van der Waals surface area contributed by atoms with Crippen molar-refractivity contribution in [1.82, 2.24) is 10.1 Å². The molecule has 188 valence electrons. The van der Waals surface area contributed by atoms with Crippen LogP contribution in [0.2, 0.25) is 0 Å². The van der Waals surface area contributed by atoms with Gasteiger partial charge in [0.15, 0.2) is 0 Å². The molecule has 2 aromatic rings. The number of methoxy groups -OCH3 is 2. The van der Waals surface area contributed by atoms with Gasteiger partial charge in [-0.3, -0.25) is 28.9 Å². The minimum absolute atomic E-state index is 0.0299. The smallest absolute Gasteiger partial charge is 0.496 e. The zero-order valence-electron chi connectivity index (χ0n) is 21.1. The number of carbonyl (C=O) groups is 5. The molecular formula is C25H24N2O9. The summed E-state index contributed by atoms with van der Waals surface area (Å²) >= 11 is 0. The van der Waals surface area contributed by atoms with Gasteiger partial charge in [0.1, 0.15) is 11.5 Å². The topological polar surface area (TPSA) is 129 Å². The van der Waals surface area contributed by atoms with Crippen LogP contribution in [0.25, 0.3) is 0 Å². The number of hydrogen-bond donors (Lipinski definition) is 0. The second-order valence-electron chi connectivity index (χ2n) is 8.56. The van der Waals surface area contributed by atoms with Crippen LogP contribution in [0.1, 0.15) is 74.8 Å². The van der Waals surface area contributed by atoms with Crippen molar-refractivity contribution >= 4 is 29.8 Å². The van der Waals surface area contributed by atoms with Gasteiger partial charge < -0.3 is 9.47 Å². The number of rotatable bonds is 4. The largest absolute Gasteiger partial charge is 0.560 e. The number of ether oxygens (including phenoxy) is 2. The van der Waals surface area contributed by atoms with Crippen molar-refractivity contribution in [3.63, 3.8) is 0 Å². The van der Waals surface area contributed by atoms with Crippen molar-refractivity contribution in [1.29, 1.82) is 0 Å². The van der Waals surface area contributed by atoms with Crippen LogP contribution in [0.3, 0.4) is 0 Å². The summed E-state index contributed by atoms with van der Waals surface area (Å²) in [5.41, 5.74) is 3.29. The highest BCUT2D eigenvalue weighted by Crippen LogP contribution is 2.39. The molecule has 11 nitrogen and oxygen atoms in total. The van der Waals surface area contributed by atoms with Crippen molar-refractivity contribution in [2.75, 3.05) is 14.2 Å². The maximum absolute atomic E-state index is 13.0. The first kappa shape index (κ1) is 24.7. The monoisotopic (exact) mass is 496 g/mol. The van der Waals surface area contributed by atoms with E-state index < -0.39 is 29.8 Å². The van der Waals surface area contributed by atoms with Crippen molar-refractivity contribution in [2.24, 2.45) is 0 Å². The van der Waals surface area contributed by atoms with Crippen LogP contribution >= 0.6 is 0 Å². The summed E-state index contributed by atoms with van der Waals surface area (Å²) in [6.07, 6.45) is -1.61. The second-order valence-corrected chi connectivity index (χ2v) is 8.56. The Morgan fingerprint density at radius 2 is 0.778 bits per heavy atom. The molecule has 0 aliphatic carbocycles. The van der Waals surface area contributed by atoms with Gasteiger partial charge >= 0.3 is 6.16 Å². The van der Waals surface area contributed by atoms with E-state index in [9.17, 15) is 24.0 Å². The van der Waals surface area contributed by atoms with Gasteiger partial charge in [-0.25, -0.2) is 0 Å². The van der Waals surface area contributed by atoms with Crippen molar-refractivity contribution in [3.05, 3.63) is 55.6 Å². The van der Waals surface area contributed by atoms with Crippen LogP contribution in [-0.2, 0) is 9.68 Å². The predicted molar refractivity (Wildman–Crippen MR) is 123 cm³/mol. The first-order valence-corrected chi connectivity index (χ1v) is 10.9. The van der Waals surface area contributed by atoms with E-state index in [1.165, 1.54) is 14.2 Å². The van der Waals surface area contributed by atoms with E-state index in [-0.39, 0.29) is 32.4 Å². The van der Waals surface area contributed by atoms with E-state index in [1.54, 1.807) is 41.5 Å². The van der Waals surface area contributed by atoms with E-state index >= 15 is 0 Å². The van der Waals surface area contributed by atoms with E-state index in [4.69, 9.17) is 19.1 Å². The molecule has 0 atom stereocenters. The zero-order valence-corrected chi connectivity index (χ0v) is 21.1. The Balaban J connectivity index is 1.61. The molecule has 4 rings (SSSR count). The summed E-state index contributed by atoms with van der Waals surface area (Å²) < 4.78 is 10.7. The number of fused-ring (bicyclic) bond motifs is 2. The van der Waals surface area contributed by atoms with Gasteiger partial charge in [0.2, 0.25) is 0 Å². The molecule has 2 heterocycles. The summed E-state index contributed by atoms with van der Waals surface area (Å²) in [4.78, 5) is 74.3. The van der Waals surface area contributed by atoms with Gasteiger partial charge in [-0.15, -0.1) is 0 Å². The summed E-state index contributed by atoms with van der Waals surface area (Å²) in [5.74, 6) is -2.71. The van der Waals surface area contributed by atoms with Crippen LogP contribution in [0.4, 0.5) is 4.79 Å². The minimum Gasteiger partial charge on any atom is -0.496 e. The highest BCUT2D eigenvalue weighted by atomic mass is 16.9. The van der Waals surface area contributed by atoms with Gasteiger partial charge in [0.25, 0.3) is 23.6 Å². The Morgan fingerprint density at radius 1 is 0.500 bits per heavy atom. The van der Waals surface area contributed by atoms with E-state index in [2.05, 4.69) is 0 Å². The van der Waals surface area contributed by atoms with Gasteiger partial charge in [-0.1, -0.05) is 10.1 Å². The molecule has 0 saturated heterocycles. The van der Waals surface area contributed by atoms with E-state index in [0.29, 0.717) is 44.9 Å². The molecule has 4 amide bonds. The van der Waals surface area contributed by atoms with Crippen LogP contribution in [0.15, 0.2) is 0 Å². The van der Waals surface area contributed by atoms with Crippen LogP contribution in [0.5, 0.6) is 11.5 Å². The third-order valence-electron chi connectivity index (χ3n) is 6.82. The summed E-state index contributed by atoms with van der Waals surface area (Å²) in [6, 6.07) is 0. The number of benzene rings is 2. The molecular weight excluding hydrogens is 472 g/mol. The maximum Gasteiger partial charge on any atom is 0.560 e. The molecule has 0 saturated carbocycles. The van der Waals surface area contributed by atoms with Crippen molar-refractivity contribution in [3.8, 4) is 11.5 Å². The van der Waals surface area contributed by atoms with E-state index in [1.807, 2.05) is 0 Å². The first-order valence-electron chi connectivity index (χ1n) is 10.9. The molecule has 0 radical (unpaired) electrons. The Labute approximate surface area is 206 Å². The Morgan fingerprint density at radius 3 is 1.06 bits per heavy atom. The lowest BCUT2D eigenvalue weighted by Crippen LogP contribution is -2.38. The molecule has 2 aliphatic rings. The minimum atomic E-state index is -1.61. The van der Waals surface area contributed by atoms with Gasteiger partial charge in [-0.2, -0.15) is 4.79 Å². The number of hydroxylamine groups is 4. The molecule has 0 spiro atoms. The number of nitrogens with zero attached hydrogens (tertiary/aromatic N) is 2. The lowest BCUT2D eigenvalue weighted by Gasteiger charge is -2.15. The molecule has 11 heteroatoms. The van der Waals surface area contributed by atoms with Crippen molar-refractivity contribution < 1.29 is 43.1 Å². The highest BCUT2D eigenvalue weighted by molar-refractivity contribution is 6.23. The predicted octanol–water partition coefficient (Wildman–Crippen LogP) is 3.43. The van der Waals surface area contributed by atoms with Gasteiger partial charge in [-0.05, 0) is 63.8 Å². The molecule has 0 N–H and O–H groups in total. The molecule has 0 aromatic heterocycles. The fraction of sp³-hybridized carbons (Fsp3) is 0.320. The first-order chi connectivity index (χ1) is 16.9. The zero-order chi connectivity index (χ0) is 26.8. The summed E-state index contributed by atoms with van der Waals surface area (Å²) in [6.45, 7) is 9.97. The Hall–Kier alpha value is -4.41.